The van der Waals surface area contributed by atoms with Crippen LogP contribution in [0.15, 0.2) is 53.1 Å². The fourth-order valence-corrected chi connectivity index (χ4v) is 2.22. The third-order valence-corrected chi connectivity index (χ3v) is 3.46. The van der Waals surface area contributed by atoms with Gasteiger partial charge in [0.25, 0.3) is 0 Å². The Morgan fingerprint density at radius 1 is 1.25 bits per heavy atom. The number of amides is 1. The zero-order valence-corrected chi connectivity index (χ0v) is 12.5. The molecular weight excluding hydrogens is 318 g/mol. The van der Waals surface area contributed by atoms with Crippen molar-refractivity contribution in [2.45, 2.75) is 12.5 Å². The molecule has 0 radical (unpaired) electrons. The summed E-state index contributed by atoms with van der Waals surface area (Å²) in [6.45, 7) is 0.146. The quantitative estimate of drug-likeness (QED) is 0.851. The minimum Gasteiger partial charge on any atom is -0.369 e. The van der Waals surface area contributed by atoms with Crippen molar-refractivity contribution in [2.24, 2.45) is 5.73 Å². The van der Waals surface area contributed by atoms with Gasteiger partial charge in [-0.3, -0.25) is 9.78 Å². The number of nitrogens with two attached hydrogens (primary N) is 1. The maximum atomic E-state index is 11.0. The zero-order valence-electron chi connectivity index (χ0n) is 10.9. The molecule has 0 aliphatic carbocycles. The molecule has 0 aliphatic heterocycles. The fraction of sp³-hybridized carbons (Fsp3) is 0.200. The first-order valence-electron chi connectivity index (χ1n) is 6.32. The monoisotopic (exact) mass is 333 g/mol. The second-order valence-corrected chi connectivity index (χ2v) is 5.39. The number of carbonyl (C=O) groups is 1. The summed E-state index contributed by atoms with van der Waals surface area (Å²) < 4.78 is 1.02. The van der Waals surface area contributed by atoms with Gasteiger partial charge in [0.2, 0.25) is 5.91 Å². The maximum Gasteiger partial charge on any atom is 0.231 e. The molecule has 0 bridgehead atoms. The van der Waals surface area contributed by atoms with Crippen LogP contribution in [-0.2, 0) is 11.2 Å². The highest BCUT2D eigenvalue weighted by Gasteiger charge is 2.13. The molecular formula is C15H16BrN3O. The van der Waals surface area contributed by atoms with E-state index in [0.717, 1.165) is 15.7 Å². The van der Waals surface area contributed by atoms with E-state index < -0.39 is 0 Å². The van der Waals surface area contributed by atoms with E-state index in [9.17, 15) is 4.79 Å². The summed E-state index contributed by atoms with van der Waals surface area (Å²) in [5.74, 6) is -0.367. The van der Waals surface area contributed by atoms with Crippen molar-refractivity contribution >= 4 is 21.8 Å². The lowest BCUT2D eigenvalue weighted by atomic mass is 10.0. The molecule has 1 aromatic heterocycles. The van der Waals surface area contributed by atoms with Gasteiger partial charge in [0.15, 0.2) is 0 Å². The van der Waals surface area contributed by atoms with Gasteiger partial charge in [-0.1, -0.05) is 34.1 Å². The van der Waals surface area contributed by atoms with Gasteiger partial charge in [0.1, 0.15) is 0 Å². The number of rotatable bonds is 6. The van der Waals surface area contributed by atoms with Gasteiger partial charge in [0.05, 0.1) is 6.54 Å². The van der Waals surface area contributed by atoms with Crippen LogP contribution in [0.2, 0.25) is 0 Å². The molecule has 1 heterocycles. The van der Waals surface area contributed by atoms with E-state index in [1.54, 1.807) is 6.20 Å². The fourth-order valence-electron chi connectivity index (χ4n) is 1.95. The van der Waals surface area contributed by atoms with Crippen LogP contribution in [0.25, 0.3) is 0 Å². The highest BCUT2D eigenvalue weighted by atomic mass is 79.9. The molecule has 104 valence electrons. The average molecular weight is 334 g/mol. The van der Waals surface area contributed by atoms with E-state index in [1.807, 2.05) is 42.5 Å². The first kappa shape index (κ1) is 14.7. The van der Waals surface area contributed by atoms with Crippen molar-refractivity contribution in [1.82, 2.24) is 10.3 Å². The maximum absolute atomic E-state index is 11.0. The molecule has 0 fully saturated rings. The molecule has 1 aromatic carbocycles. The van der Waals surface area contributed by atoms with E-state index >= 15 is 0 Å². The number of primary amides is 1. The summed E-state index contributed by atoms with van der Waals surface area (Å²) in [6.07, 6.45) is 2.47. The van der Waals surface area contributed by atoms with Crippen molar-refractivity contribution in [3.63, 3.8) is 0 Å². The standard InChI is InChI=1S/C15H16BrN3O/c16-12-6-4-11(5-7-12)14(19-10-15(17)20)9-13-3-1-2-8-18-13/h1-8,14,19H,9-10H2,(H2,17,20). The number of aromatic nitrogens is 1. The molecule has 0 saturated carbocycles. The summed E-state index contributed by atoms with van der Waals surface area (Å²) in [6, 6.07) is 13.8. The van der Waals surface area contributed by atoms with E-state index in [0.29, 0.717) is 6.42 Å². The summed E-state index contributed by atoms with van der Waals surface area (Å²) in [5.41, 5.74) is 7.28. The smallest absolute Gasteiger partial charge is 0.231 e. The summed E-state index contributed by atoms with van der Waals surface area (Å²) >= 11 is 3.42. The zero-order chi connectivity index (χ0) is 14.4. The van der Waals surface area contributed by atoms with Crippen LogP contribution in [-0.4, -0.2) is 17.4 Å². The number of hydrogen-bond donors (Lipinski definition) is 2. The topological polar surface area (TPSA) is 68.0 Å². The number of carbonyl (C=O) groups excluding carboxylic acids is 1. The lowest BCUT2D eigenvalue weighted by Crippen LogP contribution is -2.32. The Morgan fingerprint density at radius 2 is 2.00 bits per heavy atom. The molecule has 4 nitrogen and oxygen atoms in total. The van der Waals surface area contributed by atoms with Crippen LogP contribution in [0.4, 0.5) is 0 Å². The lowest BCUT2D eigenvalue weighted by molar-refractivity contribution is -0.117. The first-order chi connectivity index (χ1) is 9.65. The molecule has 2 rings (SSSR count). The molecule has 5 heteroatoms. The van der Waals surface area contributed by atoms with Crippen LogP contribution in [0.3, 0.4) is 0 Å². The van der Waals surface area contributed by atoms with Gasteiger partial charge in [-0.15, -0.1) is 0 Å². The van der Waals surface area contributed by atoms with Crippen molar-refractivity contribution in [3.05, 3.63) is 64.4 Å². The van der Waals surface area contributed by atoms with Gasteiger partial charge in [-0.25, -0.2) is 0 Å². The number of pyridine rings is 1. The third-order valence-electron chi connectivity index (χ3n) is 2.93. The van der Waals surface area contributed by atoms with Crippen LogP contribution in [0, 0.1) is 0 Å². The molecule has 0 spiro atoms. The van der Waals surface area contributed by atoms with Crippen molar-refractivity contribution < 1.29 is 4.79 Å². The van der Waals surface area contributed by atoms with Gasteiger partial charge >= 0.3 is 0 Å². The Kier molecular flexibility index (Phi) is 5.26. The summed E-state index contributed by atoms with van der Waals surface area (Å²) in [4.78, 5) is 15.3. The largest absolute Gasteiger partial charge is 0.369 e. The number of nitrogens with one attached hydrogen (secondary N) is 1. The Labute approximate surface area is 126 Å². The number of halogens is 1. The van der Waals surface area contributed by atoms with Gasteiger partial charge < -0.3 is 11.1 Å². The third kappa shape index (κ3) is 4.43. The Balaban J connectivity index is 2.15. The minimum absolute atomic E-state index is 0.00509. The van der Waals surface area contributed by atoms with Crippen molar-refractivity contribution in [3.8, 4) is 0 Å². The second kappa shape index (κ2) is 7.17. The lowest BCUT2D eigenvalue weighted by Gasteiger charge is -2.18. The highest BCUT2D eigenvalue weighted by molar-refractivity contribution is 9.10. The van der Waals surface area contributed by atoms with Gasteiger partial charge in [0, 0.05) is 28.8 Å². The number of nitrogens with zero attached hydrogens (tertiary/aromatic N) is 1. The van der Waals surface area contributed by atoms with E-state index in [-0.39, 0.29) is 18.5 Å². The molecule has 0 saturated heterocycles. The summed E-state index contributed by atoms with van der Waals surface area (Å²) in [7, 11) is 0. The highest BCUT2D eigenvalue weighted by Crippen LogP contribution is 2.20. The van der Waals surface area contributed by atoms with Crippen LogP contribution in [0.5, 0.6) is 0 Å². The number of benzene rings is 1. The normalized spacial score (nSPS) is 12.1. The van der Waals surface area contributed by atoms with Crippen LogP contribution < -0.4 is 11.1 Å². The minimum atomic E-state index is -0.367. The SMILES string of the molecule is NC(=O)CNC(Cc1ccccn1)c1ccc(Br)cc1. The average Bonchev–Trinajstić information content (AvgIpc) is 2.45. The predicted octanol–water partition coefficient (Wildman–Crippen LogP) is 2.20. The molecule has 1 amide bonds. The molecule has 3 N–H and O–H groups in total. The number of hydrogen-bond acceptors (Lipinski definition) is 3. The van der Waals surface area contributed by atoms with Gasteiger partial charge in [-0.05, 0) is 29.8 Å². The van der Waals surface area contributed by atoms with Crippen molar-refractivity contribution in [2.75, 3.05) is 6.54 Å². The van der Waals surface area contributed by atoms with Crippen LogP contribution in [0.1, 0.15) is 17.3 Å². The molecule has 1 unspecified atom stereocenters. The summed E-state index contributed by atoms with van der Waals surface area (Å²) in [5, 5.41) is 3.17. The van der Waals surface area contributed by atoms with E-state index in [4.69, 9.17) is 5.73 Å². The molecule has 20 heavy (non-hydrogen) atoms. The van der Waals surface area contributed by atoms with Crippen LogP contribution >= 0.6 is 15.9 Å². The van der Waals surface area contributed by atoms with E-state index in [2.05, 4.69) is 26.2 Å². The Bertz CT molecular complexity index is 557. The Morgan fingerprint density at radius 3 is 2.60 bits per heavy atom. The van der Waals surface area contributed by atoms with Crippen molar-refractivity contribution in [1.29, 1.82) is 0 Å². The van der Waals surface area contributed by atoms with E-state index in [1.165, 1.54) is 0 Å². The Hall–Kier alpha value is -1.72. The van der Waals surface area contributed by atoms with Gasteiger partial charge in [-0.2, -0.15) is 0 Å². The predicted molar refractivity (Wildman–Crippen MR) is 82.0 cm³/mol. The molecule has 0 aliphatic rings. The molecule has 2 aromatic rings. The second-order valence-electron chi connectivity index (χ2n) is 4.48. The molecule has 1 atom stereocenters. The first-order valence-corrected chi connectivity index (χ1v) is 7.11.